The first-order chi connectivity index (χ1) is 13.3. The molecule has 0 aliphatic carbocycles. The van der Waals surface area contributed by atoms with Crippen LogP contribution in [0.3, 0.4) is 0 Å². The van der Waals surface area contributed by atoms with E-state index in [9.17, 15) is 19.8 Å². The third-order valence-electron chi connectivity index (χ3n) is 5.27. The Morgan fingerprint density at radius 1 is 1.21 bits per heavy atom. The Bertz CT molecular complexity index is 842. The van der Waals surface area contributed by atoms with Gasteiger partial charge in [0.05, 0.1) is 12.1 Å². The van der Waals surface area contributed by atoms with E-state index in [0.717, 1.165) is 16.0 Å². The fraction of sp³-hybridized carbons (Fsp3) is 0.333. The minimum absolute atomic E-state index is 0.0354. The second-order valence-electron chi connectivity index (χ2n) is 7.10. The summed E-state index contributed by atoms with van der Waals surface area (Å²) in [5.74, 6) is -1.56. The van der Waals surface area contributed by atoms with Crippen LogP contribution in [0.25, 0.3) is 0 Å². The summed E-state index contributed by atoms with van der Waals surface area (Å²) in [5.41, 5.74) is 0.227. The molecule has 0 saturated carbocycles. The Hall–Kier alpha value is -2.57. The highest BCUT2D eigenvalue weighted by Crippen LogP contribution is 2.39. The molecule has 1 aliphatic heterocycles. The summed E-state index contributed by atoms with van der Waals surface area (Å²) < 4.78 is 5.28. The van der Waals surface area contributed by atoms with E-state index in [4.69, 9.17) is 16.3 Å². The molecule has 2 unspecified atom stereocenters. The maximum Gasteiger partial charge on any atom is 0.410 e. The highest BCUT2D eigenvalue weighted by Gasteiger charge is 2.51. The smallest absolute Gasteiger partial charge is 0.410 e. The van der Waals surface area contributed by atoms with Gasteiger partial charge in [0.15, 0.2) is 0 Å². The predicted molar refractivity (Wildman–Crippen MR) is 104 cm³/mol. The molecule has 0 radical (unpaired) electrons. The van der Waals surface area contributed by atoms with Crippen molar-refractivity contribution < 1.29 is 24.5 Å². The molecule has 0 spiro atoms. The van der Waals surface area contributed by atoms with Crippen molar-refractivity contribution in [2.24, 2.45) is 0 Å². The number of β-amino-alcohol motifs (C(OH)–C–C–N with tert-alkyl or cyclic N) is 1. The van der Waals surface area contributed by atoms with Crippen molar-refractivity contribution in [2.45, 2.75) is 37.5 Å². The van der Waals surface area contributed by atoms with E-state index < -0.39 is 29.6 Å². The molecule has 7 heteroatoms. The number of nitrogens with zero attached hydrogens (tertiary/aromatic N) is 1. The number of ether oxygens (including phenoxy) is 1. The molecular formula is C21H22ClNO5. The van der Waals surface area contributed by atoms with Crippen LogP contribution >= 0.6 is 11.6 Å². The van der Waals surface area contributed by atoms with Gasteiger partial charge in [0.1, 0.15) is 12.6 Å². The van der Waals surface area contributed by atoms with Crippen LogP contribution in [0.1, 0.15) is 30.4 Å². The highest BCUT2D eigenvalue weighted by molar-refractivity contribution is 6.30. The molecule has 1 amide bonds. The van der Waals surface area contributed by atoms with Crippen LogP contribution in [0.4, 0.5) is 4.79 Å². The first-order valence-corrected chi connectivity index (χ1v) is 9.36. The van der Waals surface area contributed by atoms with E-state index in [1.807, 2.05) is 30.3 Å². The van der Waals surface area contributed by atoms with Gasteiger partial charge in [-0.25, -0.2) is 9.59 Å². The van der Waals surface area contributed by atoms with Crippen molar-refractivity contribution in [2.75, 3.05) is 6.54 Å². The molecule has 0 bridgehead atoms. The summed E-state index contributed by atoms with van der Waals surface area (Å²) in [4.78, 5) is 25.3. The molecule has 148 valence electrons. The first-order valence-electron chi connectivity index (χ1n) is 8.98. The largest absolute Gasteiger partial charge is 0.480 e. The standard InChI is InChI=1S/C21H22ClNO5/c1-14(16-7-9-17(22)10-8-16)21(27)11-18(19(24)25)23(13-21)20(26)28-12-15-5-3-2-4-6-15/h2-10,14,18,27H,11-13H2,1H3,(H,24,25)/t14?,18-,21?/m0/s1. The Labute approximate surface area is 168 Å². The van der Waals surface area contributed by atoms with Gasteiger partial charge in [-0.2, -0.15) is 0 Å². The van der Waals surface area contributed by atoms with Crippen LogP contribution in [0.5, 0.6) is 0 Å². The summed E-state index contributed by atoms with van der Waals surface area (Å²) in [6.07, 6.45) is -0.831. The number of carbonyl (C=O) groups excluding carboxylic acids is 1. The van der Waals surface area contributed by atoms with Gasteiger partial charge in [-0.1, -0.05) is 61.0 Å². The second-order valence-corrected chi connectivity index (χ2v) is 7.54. The third kappa shape index (κ3) is 4.29. The minimum atomic E-state index is -1.39. The number of carbonyl (C=O) groups is 2. The number of halogens is 1. The minimum Gasteiger partial charge on any atom is -0.480 e. The maximum absolute atomic E-state index is 12.5. The molecule has 28 heavy (non-hydrogen) atoms. The lowest BCUT2D eigenvalue weighted by atomic mass is 9.82. The Balaban J connectivity index is 1.74. The van der Waals surface area contributed by atoms with Crippen molar-refractivity contribution in [1.29, 1.82) is 0 Å². The number of likely N-dealkylation sites (tertiary alicyclic amines) is 1. The van der Waals surface area contributed by atoms with E-state index in [2.05, 4.69) is 0 Å². The number of aliphatic carboxylic acids is 1. The lowest BCUT2D eigenvalue weighted by Gasteiger charge is -2.30. The number of aliphatic hydroxyl groups is 1. The zero-order chi connectivity index (χ0) is 20.3. The molecule has 6 nitrogen and oxygen atoms in total. The zero-order valence-electron chi connectivity index (χ0n) is 15.4. The molecule has 1 fully saturated rings. The van der Waals surface area contributed by atoms with Gasteiger partial charge >= 0.3 is 12.1 Å². The molecule has 1 saturated heterocycles. The fourth-order valence-corrected chi connectivity index (χ4v) is 3.63. The number of rotatable bonds is 5. The molecule has 2 N–H and O–H groups in total. The van der Waals surface area contributed by atoms with Crippen molar-refractivity contribution in [3.05, 3.63) is 70.7 Å². The Morgan fingerprint density at radius 3 is 2.46 bits per heavy atom. The number of hydrogen-bond donors (Lipinski definition) is 2. The van der Waals surface area contributed by atoms with E-state index in [1.165, 1.54) is 0 Å². The van der Waals surface area contributed by atoms with E-state index in [1.54, 1.807) is 31.2 Å². The molecular weight excluding hydrogens is 382 g/mol. The normalized spacial score (nSPS) is 22.7. The summed E-state index contributed by atoms with van der Waals surface area (Å²) in [5, 5.41) is 21.3. The average molecular weight is 404 g/mol. The number of carboxylic acids is 1. The first kappa shape index (κ1) is 20.2. The van der Waals surface area contributed by atoms with Crippen molar-refractivity contribution in [3.63, 3.8) is 0 Å². The number of amides is 1. The molecule has 1 aliphatic rings. The molecule has 0 aromatic heterocycles. The van der Waals surface area contributed by atoms with E-state index >= 15 is 0 Å². The Kier molecular flexibility index (Phi) is 5.91. The third-order valence-corrected chi connectivity index (χ3v) is 5.52. The monoisotopic (exact) mass is 403 g/mol. The summed E-state index contributed by atoms with van der Waals surface area (Å²) in [7, 11) is 0. The van der Waals surface area contributed by atoms with Gasteiger partial charge < -0.3 is 14.9 Å². The Morgan fingerprint density at radius 2 is 1.86 bits per heavy atom. The van der Waals surface area contributed by atoms with Gasteiger partial charge in [-0.3, -0.25) is 4.90 Å². The molecule has 3 rings (SSSR count). The molecule has 2 aromatic rings. The van der Waals surface area contributed by atoms with Crippen LogP contribution in [0.2, 0.25) is 5.02 Å². The summed E-state index contributed by atoms with van der Waals surface area (Å²) in [6, 6.07) is 15.0. The van der Waals surface area contributed by atoms with Crippen LogP contribution in [0.15, 0.2) is 54.6 Å². The van der Waals surface area contributed by atoms with Crippen molar-refractivity contribution in [1.82, 2.24) is 4.90 Å². The van der Waals surface area contributed by atoms with Gasteiger partial charge in [0, 0.05) is 17.4 Å². The lowest BCUT2D eigenvalue weighted by molar-refractivity contribution is -0.141. The van der Waals surface area contributed by atoms with E-state index in [-0.39, 0.29) is 19.6 Å². The van der Waals surface area contributed by atoms with Crippen LogP contribution < -0.4 is 0 Å². The van der Waals surface area contributed by atoms with Crippen LogP contribution in [-0.4, -0.2) is 45.4 Å². The van der Waals surface area contributed by atoms with E-state index in [0.29, 0.717) is 5.02 Å². The zero-order valence-corrected chi connectivity index (χ0v) is 16.2. The van der Waals surface area contributed by atoms with Gasteiger partial charge in [0.25, 0.3) is 0 Å². The summed E-state index contributed by atoms with van der Waals surface area (Å²) >= 11 is 5.92. The SMILES string of the molecule is CC(c1ccc(Cl)cc1)C1(O)C[C@@H](C(=O)O)N(C(=O)OCc2ccccc2)C1. The van der Waals surface area contributed by atoms with Gasteiger partial charge in [0.2, 0.25) is 0 Å². The van der Waals surface area contributed by atoms with Crippen molar-refractivity contribution >= 4 is 23.7 Å². The molecule has 1 heterocycles. The summed E-state index contributed by atoms with van der Waals surface area (Å²) in [6.45, 7) is 1.72. The predicted octanol–water partition coefficient (Wildman–Crippen LogP) is 3.67. The molecule has 2 aromatic carbocycles. The number of benzene rings is 2. The van der Waals surface area contributed by atoms with Crippen molar-refractivity contribution in [3.8, 4) is 0 Å². The maximum atomic E-state index is 12.5. The van der Waals surface area contributed by atoms with Gasteiger partial charge in [-0.15, -0.1) is 0 Å². The van der Waals surface area contributed by atoms with Crippen LogP contribution in [-0.2, 0) is 16.1 Å². The second kappa shape index (κ2) is 8.20. The number of carboxylic acid groups (broad SMARTS) is 1. The van der Waals surface area contributed by atoms with Gasteiger partial charge in [-0.05, 0) is 23.3 Å². The highest BCUT2D eigenvalue weighted by atomic mass is 35.5. The fourth-order valence-electron chi connectivity index (χ4n) is 3.50. The van der Waals surface area contributed by atoms with Crippen LogP contribution in [0, 0.1) is 0 Å². The molecule has 3 atom stereocenters. The quantitative estimate of drug-likeness (QED) is 0.795. The topological polar surface area (TPSA) is 87.1 Å². The average Bonchev–Trinajstić information content (AvgIpc) is 3.06. The number of hydrogen-bond acceptors (Lipinski definition) is 4. The lowest BCUT2D eigenvalue weighted by Crippen LogP contribution is -2.42.